The Bertz CT molecular complexity index is 361. The Kier molecular flexibility index (Phi) is 4.63. The number of unbranched alkanes of at least 4 members (excludes halogenated alkanes) is 1. The molecule has 0 bridgehead atoms. The second-order valence-corrected chi connectivity index (χ2v) is 3.99. The summed E-state index contributed by atoms with van der Waals surface area (Å²) in [7, 11) is 0. The lowest BCUT2D eigenvalue weighted by Crippen LogP contribution is -1.88. The van der Waals surface area contributed by atoms with Crippen molar-refractivity contribution in [1.29, 1.82) is 0 Å². The molecule has 0 spiro atoms. The van der Waals surface area contributed by atoms with Gasteiger partial charge in [0.15, 0.2) is 0 Å². The number of rotatable bonds is 4. The van der Waals surface area contributed by atoms with Crippen LogP contribution in [-0.4, -0.2) is 17.9 Å². The fourth-order valence-electron chi connectivity index (χ4n) is 1.27. The first-order valence-corrected chi connectivity index (χ1v) is 5.52. The number of phenols is 1. The summed E-state index contributed by atoms with van der Waals surface area (Å²) >= 11 is 5.89. The molecule has 0 saturated heterocycles. The van der Waals surface area contributed by atoms with Crippen LogP contribution < -0.4 is 0 Å². The van der Waals surface area contributed by atoms with E-state index in [2.05, 4.69) is 11.9 Å². The highest BCUT2D eigenvalue weighted by atomic mass is 35.5. The second kappa shape index (κ2) is 5.76. The van der Waals surface area contributed by atoms with E-state index in [9.17, 15) is 5.11 Å². The van der Waals surface area contributed by atoms with Crippen molar-refractivity contribution in [2.45, 2.75) is 26.7 Å². The molecule has 0 radical (unpaired) electrons. The monoisotopic (exact) mass is 225 g/mol. The van der Waals surface area contributed by atoms with Crippen LogP contribution >= 0.6 is 11.6 Å². The van der Waals surface area contributed by atoms with Crippen molar-refractivity contribution in [3.63, 3.8) is 0 Å². The number of nitrogens with zero attached hydrogens (tertiary/aromatic N) is 1. The number of aromatic hydroxyl groups is 1. The Morgan fingerprint density at radius 2 is 2.20 bits per heavy atom. The molecule has 0 saturated carbocycles. The number of phenolic OH excluding ortho intramolecular Hbond substituents is 1. The van der Waals surface area contributed by atoms with E-state index in [-0.39, 0.29) is 5.75 Å². The molecule has 0 aromatic heterocycles. The number of halogens is 1. The van der Waals surface area contributed by atoms with E-state index in [4.69, 9.17) is 11.6 Å². The smallest absolute Gasteiger partial charge is 0.127 e. The molecule has 0 fully saturated rings. The van der Waals surface area contributed by atoms with Crippen LogP contribution in [-0.2, 0) is 0 Å². The molecule has 1 aromatic carbocycles. The molecule has 1 N–H and O–H groups in total. The Labute approximate surface area is 95.6 Å². The molecule has 0 aliphatic heterocycles. The predicted molar refractivity (Wildman–Crippen MR) is 65.2 cm³/mol. The van der Waals surface area contributed by atoms with Gasteiger partial charge in [-0.2, -0.15) is 0 Å². The Hall–Kier alpha value is -1.02. The van der Waals surface area contributed by atoms with Gasteiger partial charge >= 0.3 is 0 Å². The third-order valence-corrected chi connectivity index (χ3v) is 2.38. The van der Waals surface area contributed by atoms with Crippen molar-refractivity contribution in [2.75, 3.05) is 6.54 Å². The van der Waals surface area contributed by atoms with Gasteiger partial charge in [0.1, 0.15) is 5.75 Å². The summed E-state index contributed by atoms with van der Waals surface area (Å²) in [5.74, 6) is 0.264. The quantitative estimate of drug-likeness (QED) is 0.617. The molecule has 0 atom stereocenters. The zero-order chi connectivity index (χ0) is 11.3. The standard InChI is InChI=1S/C12H16ClNO/c1-3-4-5-14-8-10-7-11(13)6-9(2)12(10)15/h6-8,15H,3-5H2,1-2H3. The molecule has 1 rings (SSSR count). The summed E-state index contributed by atoms with van der Waals surface area (Å²) in [5, 5.41) is 10.4. The topological polar surface area (TPSA) is 32.6 Å². The third kappa shape index (κ3) is 3.56. The molecular weight excluding hydrogens is 210 g/mol. The first kappa shape index (κ1) is 12.1. The first-order chi connectivity index (χ1) is 7.15. The molecule has 15 heavy (non-hydrogen) atoms. The summed E-state index contributed by atoms with van der Waals surface area (Å²) in [4.78, 5) is 4.23. The van der Waals surface area contributed by atoms with Crippen LogP contribution in [0.2, 0.25) is 5.02 Å². The van der Waals surface area contributed by atoms with Gasteiger partial charge in [0.2, 0.25) is 0 Å². The molecular formula is C12H16ClNO. The molecule has 0 amide bonds. The molecule has 0 aliphatic rings. The largest absolute Gasteiger partial charge is 0.507 e. The highest BCUT2D eigenvalue weighted by Crippen LogP contribution is 2.24. The van der Waals surface area contributed by atoms with Gasteiger partial charge in [-0.3, -0.25) is 4.99 Å². The molecule has 82 valence electrons. The van der Waals surface area contributed by atoms with E-state index in [0.29, 0.717) is 10.6 Å². The van der Waals surface area contributed by atoms with Crippen molar-refractivity contribution in [2.24, 2.45) is 4.99 Å². The zero-order valence-corrected chi connectivity index (χ0v) is 9.88. The Morgan fingerprint density at radius 3 is 2.87 bits per heavy atom. The van der Waals surface area contributed by atoms with Crippen molar-refractivity contribution in [3.05, 3.63) is 28.3 Å². The van der Waals surface area contributed by atoms with Crippen LogP contribution in [0.1, 0.15) is 30.9 Å². The Morgan fingerprint density at radius 1 is 1.47 bits per heavy atom. The molecule has 0 aliphatic carbocycles. The molecule has 0 unspecified atom stereocenters. The average Bonchev–Trinajstić information content (AvgIpc) is 2.19. The number of aliphatic imine (C=N–C) groups is 1. The highest BCUT2D eigenvalue weighted by molar-refractivity contribution is 6.31. The highest BCUT2D eigenvalue weighted by Gasteiger charge is 2.03. The third-order valence-electron chi connectivity index (χ3n) is 2.17. The van der Waals surface area contributed by atoms with Crippen LogP contribution in [0.4, 0.5) is 0 Å². The van der Waals surface area contributed by atoms with Crippen molar-refractivity contribution >= 4 is 17.8 Å². The van der Waals surface area contributed by atoms with Gasteiger partial charge in [0.05, 0.1) is 0 Å². The van der Waals surface area contributed by atoms with Gasteiger partial charge in [-0.25, -0.2) is 0 Å². The van der Waals surface area contributed by atoms with Crippen LogP contribution in [0, 0.1) is 6.92 Å². The summed E-state index contributed by atoms with van der Waals surface area (Å²) in [5.41, 5.74) is 1.47. The van der Waals surface area contributed by atoms with E-state index < -0.39 is 0 Å². The van der Waals surface area contributed by atoms with Gasteiger partial charge in [-0.1, -0.05) is 24.9 Å². The fraction of sp³-hybridized carbons (Fsp3) is 0.417. The van der Waals surface area contributed by atoms with Crippen molar-refractivity contribution < 1.29 is 5.11 Å². The number of benzene rings is 1. The molecule has 2 nitrogen and oxygen atoms in total. The first-order valence-electron chi connectivity index (χ1n) is 5.14. The summed E-state index contributed by atoms with van der Waals surface area (Å²) in [6.45, 7) is 4.74. The van der Waals surface area contributed by atoms with E-state index in [0.717, 1.165) is 24.9 Å². The van der Waals surface area contributed by atoms with Crippen molar-refractivity contribution in [3.8, 4) is 5.75 Å². The number of hydrogen-bond donors (Lipinski definition) is 1. The van der Waals surface area contributed by atoms with E-state index in [1.165, 1.54) is 0 Å². The van der Waals surface area contributed by atoms with Gasteiger partial charge < -0.3 is 5.11 Å². The summed E-state index contributed by atoms with van der Waals surface area (Å²) in [6.07, 6.45) is 3.87. The van der Waals surface area contributed by atoms with E-state index in [1.54, 1.807) is 18.3 Å². The van der Waals surface area contributed by atoms with Gasteiger partial charge in [-0.15, -0.1) is 0 Å². The lowest BCUT2D eigenvalue weighted by Gasteiger charge is -2.03. The lowest BCUT2D eigenvalue weighted by atomic mass is 10.1. The van der Waals surface area contributed by atoms with Gasteiger partial charge in [0.25, 0.3) is 0 Å². The summed E-state index contributed by atoms with van der Waals surface area (Å²) in [6, 6.07) is 3.46. The number of hydrogen-bond acceptors (Lipinski definition) is 2. The average molecular weight is 226 g/mol. The van der Waals surface area contributed by atoms with Gasteiger partial charge in [0, 0.05) is 23.3 Å². The SMILES string of the molecule is CCCCN=Cc1cc(Cl)cc(C)c1O. The maximum absolute atomic E-state index is 9.73. The fourth-order valence-corrected chi connectivity index (χ4v) is 1.55. The van der Waals surface area contributed by atoms with Crippen LogP contribution in [0.25, 0.3) is 0 Å². The lowest BCUT2D eigenvalue weighted by molar-refractivity contribution is 0.470. The van der Waals surface area contributed by atoms with Crippen LogP contribution in [0.15, 0.2) is 17.1 Å². The maximum Gasteiger partial charge on any atom is 0.127 e. The molecule has 0 heterocycles. The Balaban J connectivity index is 2.80. The molecule has 1 aromatic rings. The maximum atomic E-state index is 9.73. The summed E-state index contributed by atoms with van der Waals surface area (Å²) < 4.78 is 0. The second-order valence-electron chi connectivity index (χ2n) is 3.55. The van der Waals surface area contributed by atoms with E-state index in [1.807, 2.05) is 6.92 Å². The van der Waals surface area contributed by atoms with Crippen molar-refractivity contribution in [1.82, 2.24) is 0 Å². The van der Waals surface area contributed by atoms with Gasteiger partial charge in [-0.05, 0) is 31.0 Å². The number of aryl methyl sites for hydroxylation is 1. The van der Waals surface area contributed by atoms with E-state index >= 15 is 0 Å². The normalized spacial score (nSPS) is 11.1. The minimum atomic E-state index is 0.264. The zero-order valence-electron chi connectivity index (χ0n) is 9.13. The predicted octanol–water partition coefficient (Wildman–Crippen LogP) is 3.57. The minimum absolute atomic E-state index is 0.264. The minimum Gasteiger partial charge on any atom is -0.507 e. The molecule has 3 heteroatoms. The van der Waals surface area contributed by atoms with Crippen LogP contribution in [0.3, 0.4) is 0 Å². The van der Waals surface area contributed by atoms with Crippen LogP contribution in [0.5, 0.6) is 5.75 Å².